The summed E-state index contributed by atoms with van der Waals surface area (Å²) in [4.78, 5) is 12.2. The fourth-order valence-corrected chi connectivity index (χ4v) is 3.59. The third-order valence-corrected chi connectivity index (χ3v) is 4.77. The summed E-state index contributed by atoms with van der Waals surface area (Å²) in [5.41, 5.74) is -0.439. The molecule has 3 heteroatoms. The molecular formula is C12H17BrO2. The maximum absolute atomic E-state index is 12.2. The fourth-order valence-electron chi connectivity index (χ4n) is 2.69. The van der Waals surface area contributed by atoms with Gasteiger partial charge in [-0.2, -0.15) is 0 Å². The van der Waals surface area contributed by atoms with E-state index in [9.17, 15) is 4.79 Å². The minimum absolute atomic E-state index is 0.0395. The van der Waals surface area contributed by atoms with Gasteiger partial charge in [-0.3, -0.25) is 4.79 Å². The molecule has 0 N–H and O–H groups in total. The number of Topliss-reactive ketones (excluding diaryl/α,β-unsaturated/α-hetero) is 1. The molecule has 0 aromatic heterocycles. The third-order valence-electron chi connectivity index (χ3n) is 3.61. The Morgan fingerprint density at radius 3 is 3.00 bits per heavy atom. The first kappa shape index (κ1) is 11.3. The first-order chi connectivity index (χ1) is 7.19. The van der Waals surface area contributed by atoms with Crippen molar-refractivity contribution in [2.45, 2.75) is 42.5 Å². The number of allylic oxidation sites excluding steroid dienone is 1. The molecule has 1 saturated carbocycles. The van der Waals surface area contributed by atoms with Crippen molar-refractivity contribution in [2.75, 3.05) is 6.61 Å². The molecule has 2 aliphatic rings. The van der Waals surface area contributed by atoms with Gasteiger partial charge in [0.05, 0.1) is 4.83 Å². The van der Waals surface area contributed by atoms with Crippen LogP contribution < -0.4 is 0 Å². The van der Waals surface area contributed by atoms with Gasteiger partial charge in [-0.1, -0.05) is 22.0 Å². The van der Waals surface area contributed by atoms with E-state index >= 15 is 0 Å². The Kier molecular flexibility index (Phi) is 3.31. The van der Waals surface area contributed by atoms with Crippen LogP contribution in [0.15, 0.2) is 12.7 Å². The van der Waals surface area contributed by atoms with E-state index in [4.69, 9.17) is 4.74 Å². The molecule has 0 radical (unpaired) electrons. The zero-order valence-corrected chi connectivity index (χ0v) is 10.5. The summed E-state index contributed by atoms with van der Waals surface area (Å²) in [6, 6.07) is 0. The first-order valence-electron chi connectivity index (χ1n) is 5.63. The maximum atomic E-state index is 12.2. The summed E-state index contributed by atoms with van der Waals surface area (Å²) < 4.78 is 5.69. The predicted molar refractivity (Wildman–Crippen MR) is 63.2 cm³/mol. The molecule has 1 spiro atoms. The van der Waals surface area contributed by atoms with Crippen molar-refractivity contribution in [3.8, 4) is 0 Å². The van der Waals surface area contributed by atoms with Crippen LogP contribution in [0.4, 0.5) is 0 Å². The van der Waals surface area contributed by atoms with Crippen LogP contribution in [-0.2, 0) is 9.53 Å². The van der Waals surface area contributed by atoms with Gasteiger partial charge in [0.1, 0.15) is 5.60 Å². The number of alkyl halides is 1. The summed E-state index contributed by atoms with van der Waals surface area (Å²) in [5, 5.41) is 0. The van der Waals surface area contributed by atoms with Crippen LogP contribution in [0.3, 0.4) is 0 Å². The van der Waals surface area contributed by atoms with Crippen LogP contribution in [0.25, 0.3) is 0 Å². The quantitative estimate of drug-likeness (QED) is 0.571. The number of carbonyl (C=O) groups is 1. The van der Waals surface area contributed by atoms with Crippen molar-refractivity contribution >= 4 is 21.7 Å². The summed E-state index contributed by atoms with van der Waals surface area (Å²) in [7, 11) is 0. The van der Waals surface area contributed by atoms with Crippen LogP contribution >= 0.6 is 15.9 Å². The molecule has 84 valence electrons. The van der Waals surface area contributed by atoms with E-state index in [1.165, 1.54) is 0 Å². The molecule has 3 atom stereocenters. The van der Waals surface area contributed by atoms with Crippen molar-refractivity contribution in [2.24, 2.45) is 5.92 Å². The number of ketones is 1. The lowest BCUT2D eigenvalue weighted by molar-refractivity contribution is -0.143. The molecule has 15 heavy (non-hydrogen) atoms. The fraction of sp³-hybridized carbons (Fsp3) is 0.750. The van der Waals surface area contributed by atoms with Gasteiger partial charge in [0, 0.05) is 6.61 Å². The number of hydrogen-bond acceptors (Lipinski definition) is 2. The molecule has 2 rings (SSSR count). The monoisotopic (exact) mass is 272 g/mol. The van der Waals surface area contributed by atoms with Crippen molar-refractivity contribution in [1.82, 2.24) is 0 Å². The standard InChI is InChI=1S/C12H17BrO2/c1-2-4-9-5-7-12(6-3-8-15-12)11(14)10(9)13/h2,9-10H,1,3-8H2/t9-,10+,12+/m1/s1. The van der Waals surface area contributed by atoms with Gasteiger partial charge < -0.3 is 4.74 Å². The molecule has 0 aromatic carbocycles. The second-order valence-electron chi connectivity index (χ2n) is 4.54. The minimum atomic E-state index is -0.439. The van der Waals surface area contributed by atoms with Gasteiger partial charge in [0.2, 0.25) is 0 Å². The second-order valence-corrected chi connectivity index (χ2v) is 5.52. The first-order valence-corrected chi connectivity index (χ1v) is 6.54. The lowest BCUT2D eigenvalue weighted by Gasteiger charge is -2.37. The molecule has 1 aliphatic carbocycles. The van der Waals surface area contributed by atoms with Crippen LogP contribution in [0.2, 0.25) is 0 Å². The lowest BCUT2D eigenvalue weighted by Crippen LogP contribution is -2.49. The number of hydrogen-bond donors (Lipinski definition) is 0. The number of carbonyl (C=O) groups excluding carboxylic acids is 1. The average Bonchev–Trinajstić information content (AvgIpc) is 2.70. The molecule has 0 unspecified atom stereocenters. The van der Waals surface area contributed by atoms with E-state index < -0.39 is 5.60 Å². The molecular weight excluding hydrogens is 256 g/mol. The van der Waals surface area contributed by atoms with Crippen molar-refractivity contribution in [3.63, 3.8) is 0 Å². The van der Waals surface area contributed by atoms with E-state index in [1.54, 1.807) is 0 Å². The van der Waals surface area contributed by atoms with Crippen LogP contribution in [0, 0.1) is 5.92 Å². The highest BCUT2D eigenvalue weighted by molar-refractivity contribution is 9.10. The molecule has 1 heterocycles. The molecule has 0 amide bonds. The van der Waals surface area contributed by atoms with Gasteiger partial charge >= 0.3 is 0 Å². The van der Waals surface area contributed by atoms with Crippen molar-refractivity contribution in [3.05, 3.63) is 12.7 Å². The van der Waals surface area contributed by atoms with Gasteiger partial charge in [0.25, 0.3) is 0 Å². The SMILES string of the molecule is C=CC[C@@H]1CC[C@@]2(CCCO2)C(=O)[C@H]1Br. The Labute approximate surface area is 99.2 Å². The largest absolute Gasteiger partial charge is 0.367 e. The van der Waals surface area contributed by atoms with Crippen LogP contribution in [0.1, 0.15) is 32.1 Å². The van der Waals surface area contributed by atoms with E-state index in [1.807, 2.05) is 6.08 Å². The number of ether oxygens (including phenoxy) is 1. The Morgan fingerprint density at radius 2 is 2.40 bits per heavy atom. The Bertz CT molecular complexity index is 269. The van der Waals surface area contributed by atoms with Crippen LogP contribution in [0.5, 0.6) is 0 Å². The second kappa shape index (κ2) is 4.38. The summed E-state index contributed by atoms with van der Waals surface area (Å²) in [6.45, 7) is 4.49. The highest BCUT2D eigenvalue weighted by atomic mass is 79.9. The predicted octanol–water partition coefficient (Wildman–Crippen LogP) is 2.85. The summed E-state index contributed by atoms with van der Waals surface area (Å²) in [5.74, 6) is 0.669. The highest BCUT2D eigenvalue weighted by Crippen LogP contribution is 2.42. The highest BCUT2D eigenvalue weighted by Gasteiger charge is 2.49. The van der Waals surface area contributed by atoms with Gasteiger partial charge in [-0.05, 0) is 38.0 Å². The van der Waals surface area contributed by atoms with Crippen molar-refractivity contribution in [1.29, 1.82) is 0 Å². The number of halogens is 1. The van der Waals surface area contributed by atoms with E-state index in [-0.39, 0.29) is 10.6 Å². The molecule has 0 aromatic rings. The van der Waals surface area contributed by atoms with Crippen LogP contribution in [-0.4, -0.2) is 22.8 Å². The molecule has 2 nitrogen and oxygen atoms in total. The molecule has 2 fully saturated rings. The normalized spacial score (nSPS) is 41.0. The van der Waals surface area contributed by atoms with Crippen molar-refractivity contribution < 1.29 is 9.53 Å². The summed E-state index contributed by atoms with van der Waals surface area (Å²) in [6.07, 6.45) is 6.71. The van der Waals surface area contributed by atoms with Gasteiger partial charge in [-0.25, -0.2) is 0 Å². The Hall–Kier alpha value is -0.150. The van der Waals surface area contributed by atoms with Gasteiger partial charge in [0.15, 0.2) is 5.78 Å². The van der Waals surface area contributed by atoms with E-state index in [0.717, 1.165) is 38.7 Å². The van der Waals surface area contributed by atoms with E-state index in [0.29, 0.717) is 5.92 Å². The zero-order valence-electron chi connectivity index (χ0n) is 8.88. The smallest absolute Gasteiger partial charge is 0.178 e. The lowest BCUT2D eigenvalue weighted by atomic mass is 9.75. The third kappa shape index (κ3) is 1.92. The maximum Gasteiger partial charge on any atom is 0.178 e. The average molecular weight is 273 g/mol. The Balaban J connectivity index is 2.10. The molecule has 0 bridgehead atoms. The van der Waals surface area contributed by atoms with E-state index in [2.05, 4.69) is 22.5 Å². The van der Waals surface area contributed by atoms with Gasteiger partial charge in [-0.15, -0.1) is 6.58 Å². The number of rotatable bonds is 2. The topological polar surface area (TPSA) is 26.3 Å². The molecule has 1 aliphatic heterocycles. The summed E-state index contributed by atoms with van der Waals surface area (Å²) >= 11 is 3.53. The Morgan fingerprint density at radius 1 is 1.60 bits per heavy atom. The molecule has 1 saturated heterocycles. The minimum Gasteiger partial charge on any atom is -0.367 e. The zero-order chi connectivity index (χ0) is 10.9.